The molecule has 144 valence electrons. The minimum atomic E-state index is -0.570. The molecule has 4 rings (SSSR count). The summed E-state index contributed by atoms with van der Waals surface area (Å²) in [7, 11) is 0. The van der Waals surface area contributed by atoms with Gasteiger partial charge in [-0.15, -0.1) is 0 Å². The number of aliphatic imine (C=N–C) groups is 1. The first-order valence-corrected chi connectivity index (χ1v) is 8.61. The topological polar surface area (TPSA) is 104 Å². The van der Waals surface area contributed by atoms with Crippen LogP contribution in [0.5, 0.6) is 5.75 Å². The van der Waals surface area contributed by atoms with Crippen LogP contribution in [0.2, 0.25) is 0 Å². The van der Waals surface area contributed by atoms with Crippen LogP contribution < -0.4 is 4.74 Å². The number of hydrogen-bond acceptors (Lipinski definition) is 7. The largest absolute Gasteiger partial charge is 0.489 e. The second-order valence-corrected chi connectivity index (χ2v) is 6.10. The van der Waals surface area contributed by atoms with Crippen LogP contribution in [0, 0.1) is 10.1 Å². The number of hydrogen-bond donors (Lipinski definition) is 0. The molecule has 0 aliphatic carbocycles. The third-order valence-electron chi connectivity index (χ3n) is 4.04. The number of ether oxygens (including phenoxy) is 2. The molecule has 2 aromatic carbocycles. The summed E-state index contributed by atoms with van der Waals surface area (Å²) in [6, 6.07) is 16.6. The molecule has 1 aromatic heterocycles. The van der Waals surface area contributed by atoms with Crippen molar-refractivity contribution in [2.24, 2.45) is 4.99 Å². The summed E-state index contributed by atoms with van der Waals surface area (Å²) in [6.07, 6.45) is 3.05. The minimum absolute atomic E-state index is 0.00885. The molecule has 1 aliphatic rings. The SMILES string of the molecule is O=C1OC(c2ccco2)=N/C1=C\c1cccc(OCc2cccc([N+](=O)[O-])c2)c1. The van der Waals surface area contributed by atoms with Crippen LogP contribution in [-0.2, 0) is 16.1 Å². The second-order valence-electron chi connectivity index (χ2n) is 6.10. The van der Waals surface area contributed by atoms with Gasteiger partial charge in [-0.05, 0) is 41.5 Å². The molecule has 0 radical (unpaired) electrons. The number of non-ortho nitro benzene ring substituents is 1. The Morgan fingerprint density at radius 1 is 1.10 bits per heavy atom. The van der Waals surface area contributed by atoms with Gasteiger partial charge in [0, 0.05) is 12.1 Å². The van der Waals surface area contributed by atoms with Crippen LogP contribution in [0.4, 0.5) is 5.69 Å². The smallest absolute Gasteiger partial charge is 0.363 e. The summed E-state index contributed by atoms with van der Waals surface area (Å²) in [6.45, 7) is 0.171. The predicted octanol–water partition coefficient (Wildman–Crippen LogP) is 4.11. The molecule has 3 aromatic rings. The number of benzene rings is 2. The Balaban J connectivity index is 1.49. The highest BCUT2D eigenvalue weighted by atomic mass is 16.6. The van der Waals surface area contributed by atoms with Gasteiger partial charge >= 0.3 is 5.97 Å². The number of nitro benzene ring substituents is 1. The minimum Gasteiger partial charge on any atom is -0.489 e. The molecule has 0 bridgehead atoms. The van der Waals surface area contributed by atoms with Crippen LogP contribution >= 0.6 is 0 Å². The number of carbonyl (C=O) groups excluding carboxylic acids is 1. The normalized spacial score (nSPS) is 14.6. The molecule has 0 saturated heterocycles. The van der Waals surface area contributed by atoms with Crippen molar-refractivity contribution in [1.29, 1.82) is 0 Å². The van der Waals surface area contributed by atoms with Crippen molar-refractivity contribution in [1.82, 2.24) is 0 Å². The number of carbonyl (C=O) groups is 1. The summed E-state index contributed by atoms with van der Waals surface area (Å²) < 4.78 is 16.0. The van der Waals surface area contributed by atoms with Gasteiger partial charge in [-0.25, -0.2) is 9.79 Å². The van der Waals surface area contributed by atoms with E-state index in [9.17, 15) is 14.9 Å². The Hall–Kier alpha value is -4.20. The summed E-state index contributed by atoms with van der Waals surface area (Å²) in [5.41, 5.74) is 1.52. The maximum absolute atomic E-state index is 12.0. The zero-order valence-electron chi connectivity index (χ0n) is 15.0. The van der Waals surface area contributed by atoms with Gasteiger partial charge in [-0.2, -0.15) is 0 Å². The molecule has 29 heavy (non-hydrogen) atoms. The van der Waals surface area contributed by atoms with Crippen molar-refractivity contribution >= 4 is 23.6 Å². The summed E-state index contributed by atoms with van der Waals surface area (Å²) in [5, 5.41) is 10.9. The average molecular weight is 390 g/mol. The van der Waals surface area contributed by atoms with Gasteiger partial charge in [0.05, 0.1) is 11.2 Å². The van der Waals surface area contributed by atoms with E-state index in [0.717, 1.165) is 0 Å². The third kappa shape index (κ3) is 4.22. The fraction of sp³-hybridized carbons (Fsp3) is 0.0476. The summed E-state index contributed by atoms with van der Waals surface area (Å²) in [5.74, 6) is 0.465. The Labute approximate surface area is 164 Å². The molecular formula is C21H14N2O6. The summed E-state index contributed by atoms with van der Waals surface area (Å²) >= 11 is 0. The quantitative estimate of drug-likeness (QED) is 0.271. The van der Waals surface area contributed by atoms with Crippen molar-refractivity contribution in [2.45, 2.75) is 6.61 Å². The van der Waals surface area contributed by atoms with Gasteiger partial charge in [0.2, 0.25) is 0 Å². The van der Waals surface area contributed by atoms with E-state index in [0.29, 0.717) is 22.6 Å². The number of cyclic esters (lactones) is 1. The van der Waals surface area contributed by atoms with Crippen molar-refractivity contribution in [3.8, 4) is 5.75 Å². The van der Waals surface area contributed by atoms with Gasteiger partial charge < -0.3 is 13.9 Å². The molecule has 8 nitrogen and oxygen atoms in total. The summed E-state index contributed by atoms with van der Waals surface area (Å²) in [4.78, 5) is 26.6. The number of rotatable bonds is 6. The fourth-order valence-corrected chi connectivity index (χ4v) is 2.69. The number of nitro groups is 1. The number of nitrogens with zero attached hydrogens (tertiary/aromatic N) is 2. The van der Waals surface area contributed by atoms with Crippen molar-refractivity contribution in [3.05, 3.63) is 99.6 Å². The van der Waals surface area contributed by atoms with Crippen LogP contribution in [0.15, 0.2) is 82.0 Å². The lowest BCUT2D eigenvalue weighted by Gasteiger charge is -2.07. The maximum Gasteiger partial charge on any atom is 0.363 e. The first kappa shape index (κ1) is 18.2. The highest BCUT2D eigenvalue weighted by Crippen LogP contribution is 2.22. The van der Waals surface area contributed by atoms with Crippen molar-refractivity contribution in [2.75, 3.05) is 0 Å². The first-order chi connectivity index (χ1) is 14.1. The first-order valence-electron chi connectivity index (χ1n) is 8.61. The van der Waals surface area contributed by atoms with Crippen molar-refractivity contribution < 1.29 is 23.6 Å². The van der Waals surface area contributed by atoms with Gasteiger partial charge in [0.15, 0.2) is 11.5 Å². The van der Waals surface area contributed by atoms with Gasteiger partial charge in [-0.1, -0.05) is 24.3 Å². The third-order valence-corrected chi connectivity index (χ3v) is 4.04. The maximum atomic E-state index is 12.0. The molecule has 0 amide bonds. The Bertz CT molecular complexity index is 1130. The predicted molar refractivity (Wildman–Crippen MR) is 103 cm³/mol. The molecule has 0 fully saturated rings. The van der Waals surface area contributed by atoms with Gasteiger partial charge in [0.1, 0.15) is 12.4 Å². The lowest BCUT2D eigenvalue weighted by molar-refractivity contribution is -0.384. The molecule has 0 spiro atoms. The zero-order valence-corrected chi connectivity index (χ0v) is 15.0. The average Bonchev–Trinajstić information content (AvgIpc) is 3.37. The second kappa shape index (κ2) is 7.81. The zero-order chi connectivity index (χ0) is 20.2. The monoisotopic (exact) mass is 390 g/mol. The van der Waals surface area contributed by atoms with Crippen LogP contribution in [0.25, 0.3) is 6.08 Å². The van der Waals surface area contributed by atoms with E-state index in [1.54, 1.807) is 54.6 Å². The van der Waals surface area contributed by atoms with E-state index in [-0.39, 0.29) is 23.9 Å². The number of furan rings is 1. The van der Waals surface area contributed by atoms with Gasteiger partial charge in [-0.3, -0.25) is 10.1 Å². The van der Waals surface area contributed by atoms with Crippen LogP contribution in [0.3, 0.4) is 0 Å². The Kier molecular flexibility index (Phi) is 4.90. The molecule has 0 saturated carbocycles. The fourth-order valence-electron chi connectivity index (χ4n) is 2.69. The van der Waals surface area contributed by atoms with E-state index in [2.05, 4.69) is 4.99 Å². The van der Waals surface area contributed by atoms with Crippen LogP contribution in [0.1, 0.15) is 16.9 Å². The molecule has 0 atom stereocenters. The van der Waals surface area contributed by atoms with E-state index >= 15 is 0 Å². The molecule has 1 aliphatic heterocycles. The van der Waals surface area contributed by atoms with E-state index in [1.165, 1.54) is 18.4 Å². The lowest BCUT2D eigenvalue weighted by Crippen LogP contribution is -2.04. The number of esters is 1. The molecule has 2 heterocycles. The highest BCUT2D eigenvalue weighted by Gasteiger charge is 2.25. The molecule has 0 unspecified atom stereocenters. The Morgan fingerprint density at radius 2 is 1.97 bits per heavy atom. The van der Waals surface area contributed by atoms with Gasteiger partial charge in [0.25, 0.3) is 11.6 Å². The van der Waals surface area contributed by atoms with Crippen molar-refractivity contribution in [3.63, 3.8) is 0 Å². The molecular weight excluding hydrogens is 376 g/mol. The Morgan fingerprint density at radius 3 is 2.76 bits per heavy atom. The van der Waals surface area contributed by atoms with Crippen LogP contribution in [-0.4, -0.2) is 16.8 Å². The highest BCUT2D eigenvalue weighted by molar-refractivity contribution is 6.11. The lowest BCUT2D eigenvalue weighted by atomic mass is 10.2. The molecule has 8 heteroatoms. The van der Waals surface area contributed by atoms with E-state index in [4.69, 9.17) is 13.9 Å². The van der Waals surface area contributed by atoms with E-state index < -0.39 is 10.9 Å². The van der Waals surface area contributed by atoms with E-state index in [1.807, 2.05) is 0 Å². The molecule has 0 N–H and O–H groups in total. The standard InChI is InChI=1S/C21H14N2O6/c24-21-18(22-20(29-21)19-8-3-9-27-19)12-14-4-2-7-17(11-14)28-13-15-5-1-6-16(10-15)23(25)26/h1-12H,13H2/b18-12-.